The maximum absolute atomic E-state index is 10.8. The second kappa shape index (κ2) is 8.27. The molecule has 0 saturated carbocycles. The summed E-state index contributed by atoms with van der Waals surface area (Å²) in [6, 6.07) is 0. The van der Waals surface area contributed by atoms with Crippen molar-refractivity contribution in [2.75, 3.05) is 6.61 Å². The molecular formula is C13H22O2. The molecule has 0 amide bonds. The fraction of sp³-hybridized carbons (Fsp3) is 0.615. The third-order valence-corrected chi connectivity index (χ3v) is 2.27. The van der Waals surface area contributed by atoms with Crippen molar-refractivity contribution < 1.29 is 9.53 Å². The Bertz CT molecular complexity index is 239. The van der Waals surface area contributed by atoms with Gasteiger partial charge in [0.25, 0.3) is 0 Å². The number of hydrogen-bond donors (Lipinski definition) is 0. The molecule has 0 aliphatic carbocycles. The predicted octanol–water partition coefficient (Wildman–Crippen LogP) is 3.49. The lowest BCUT2D eigenvalue weighted by atomic mass is 10.1. The molecule has 0 aromatic rings. The number of hydrogen-bond acceptors (Lipinski definition) is 2. The zero-order chi connectivity index (χ0) is 11.7. The van der Waals surface area contributed by atoms with Gasteiger partial charge < -0.3 is 4.74 Å². The van der Waals surface area contributed by atoms with Gasteiger partial charge in [0.15, 0.2) is 0 Å². The van der Waals surface area contributed by atoms with Crippen LogP contribution >= 0.6 is 0 Å². The summed E-state index contributed by atoms with van der Waals surface area (Å²) in [5.74, 6) is 0.455. The third-order valence-electron chi connectivity index (χ3n) is 2.27. The third kappa shape index (κ3) is 7.98. The number of esters is 1. The minimum Gasteiger partial charge on any atom is -0.461 e. The van der Waals surface area contributed by atoms with Gasteiger partial charge in [-0.05, 0) is 18.9 Å². The van der Waals surface area contributed by atoms with Crippen LogP contribution in [0.4, 0.5) is 0 Å². The summed E-state index contributed by atoms with van der Waals surface area (Å²) in [6.45, 7) is 8.53. The summed E-state index contributed by atoms with van der Waals surface area (Å²) in [4.78, 5) is 10.8. The Hall–Kier alpha value is -1.05. The second-order valence-corrected chi connectivity index (χ2v) is 3.73. The molecule has 1 unspecified atom stereocenters. The summed E-state index contributed by atoms with van der Waals surface area (Å²) in [5, 5.41) is 0. The van der Waals surface area contributed by atoms with Gasteiger partial charge >= 0.3 is 5.97 Å². The predicted molar refractivity (Wildman–Crippen MR) is 63.6 cm³/mol. The van der Waals surface area contributed by atoms with Crippen molar-refractivity contribution in [3.63, 3.8) is 0 Å². The molecule has 0 radical (unpaired) electrons. The summed E-state index contributed by atoms with van der Waals surface area (Å²) in [6.07, 6.45) is 7.76. The first kappa shape index (κ1) is 13.9. The lowest BCUT2D eigenvalue weighted by Gasteiger charge is -2.01. The molecule has 0 saturated heterocycles. The average molecular weight is 210 g/mol. The van der Waals surface area contributed by atoms with Gasteiger partial charge in [-0.1, -0.05) is 44.9 Å². The Balaban J connectivity index is 3.88. The van der Waals surface area contributed by atoms with Crippen LogP contribution in [0.3, 0.4) is 0 Å². The summed E-state index contributed by atoms with van der Waals surface area (Å²) in [5.41, 5.74) is 1.14. The molecule has 1 atom stereocenters. The number of carbonyl (C=O) groups is 1. The molecule has 86 valence electrons. The van der Waals surface area contributed by atoms with Gasteiger partial charge in [-0.25, -0.2) is 0 Å². The fourth-order valence-electron chi connectivity index (χ4n) is 0.888. The molecule has 2 nitrogen and oxygen atoms in total. The molecule has 0 aliphatic heterocycles. The van der Waals surface area contributed by atoms with Crippen LogP contribution in [-0.4, -0.2) is 12.6 Å². The highest BCUT2D eigenvalue weighted by atomic mass is 16.5. The number of rotatable bonds is 6. The van der Waals surface area contributed by atoms with Crippen LogP contribution in [0.1, 0.15) is 40.5 Å². The SMILES string of the molecule is CCC(=O)OC/C=C(C)/C=C/C(C)CC. The van der Waals surface area contributed by atoms with Crippen molar-refractivity contribution in [1.82, 2.24) is 0 Å². The molecule has 0 spiro atoms. The zero-order valence-corrected chi connectivity index (χ0v) is 10.2. The van der Waals surface area contributed by atoms with E-state index in [1.165, 1.54) is 0 Å². The van der Waals surface area contributed by atoms with Gasteiger partial charge in [0.1, 0.15) is 6.61 Å². The monoisotopic (exact) mass is 210 g/mol. The van der Waals surface area contributed by atoms with Crippen molar-refractivity contribution in [2.24, 2.45) is 5.92 Å². The van der Waals surface area contributed by atoms with Gasteiger partial charge in [-0.15, -0.1) is 0 Å². The maximum atomic E-state index is 10.8. The highest BCUT2D eigenvalue weighted by molar-refractivity contribution is 5.68. The Morgan fingerprint density at radius 3 is 2.60 bits per heavy atom. The first-order valence-corrected chi connectivity index (χ1v) is 5.60. The van der Waals surface area contributed by atoms with E-state index in [2.05, 4.69) is 26.0 Å². The van der Waals surface area contributed by atoms with Crippen molar-refractivity contribution in [3.05, 3.63) is 23.8 Å². The normalized spacial score (nSPS) is 14.3. The van der Waals surface area contributed by atoms with Crippen LogP contribution in [0.25, 0.3) is 0 Å². The molecule has 0 heterocycles. The molecule has 0 bridgehead atoms. The zero-order valence-electron chi connectivity index (χ0n) is 10.2. The van der Waals surface area contributed by atoms with Crippen molar-refractivity contribution in [1.29, 1.82) is 0 Å². The summed E-state index contributed by atoms with van der Waals surface area (Å²) >= 11 is 0. The Morgan fingerprint density at radius 1 is 1.40 bits per heavy atom. The van der Waals surface area contributed by atoms with E-state index >= 15 is 0 Å². The number of ether oxygens (including phenoxy) is 1. The smallest absolute Gasteiger partial charge is 0.305 e. The minimum atomic E-state index is -0.148. The van der Waals surface area contributed by atoms with Crippen molar-refractivity contribution in [2.45, 2.75) is 40.5 Å². The van der Waals surface area contributed by atoms with Gasteiger partial charge in [0.05, 0.1) is 0 Å². The highest BCUT2D eigenvalue weighted by Crippen LogP contribution is 2.05. The topological polar surface area (TPSA) is 26.3 Å². The van der Waals surface area contributed by atoms with Crippen LogP contribution in [0.5, 0.6) is 0 Å². The largest absolute Gasteiger partial charge is 0.461 e. The molecule has 0 aromatic carbocycles. The summed E-state index contributed by atoms with van der Waals surface area (Å²) in [7, 11) is 0. The molecule has 0 N–H and O–H groups in total. The van der Waals surface area contributed by atoms with Crippen LogP contribution in [0.15, 0.2) is 23.8 Å². The van der Waals surface area contributed by atoms with Gasteiger partial charge in [0.2, 0.25) is 0 Å². The van der Waals surface area contributed by atoms with Gasteiger partial charge in [-0.2, -0.15) is 0 Å². The quantitative estimate of drug-likeness (QED) is 0.495. The summed E-state index contributed by atoms with van der Waals surface area (Å²) < 4.78 is 4.95. The van der Waals surface area contributed by atoms with Gasteiger partial charge in [-0.3, -0.25) is 4.79 Å². The number of carbonyl (C=O) groups excluding carboxylic acids is 1. The van der Waals surface area contributed by atoms with E-state index in [4.69, 9.17) is 4.74 Å². The van der Waals surface area contributed by atoms with Crippen molar-refractivity contribution >= 4 is 5.97 Å². The van der Waals surface area contributed by atoms with E-state index < -0.39 is 0 Å². The Labute approximate surface area is 93.0 Å². The average Bonchev–Trinajstić information content (AvgIpc) is 2.25. The van der Waals surface area contributed by atoms with E-state index in [-0.39, 0.29) is 5.97 Å². The number of allylic oxidation sites excluding steroid dienone is 3. The molecular weight excluding hydrogens is 188 g/mol. The van der Waals surface area contributed by atoms with Crippen LogP contribution in [0, 0.1) is 5.92 Å². The molecule has 0 fully saturated rings. The molecule has 0 aromatic heterocycles. The molecule has 2 heteroatoms. The van der Waals surface area contributed by atoms with Crippen LogP contribution in [-0.2, 0) is 9.53 Å². The first-order valence-electron chi connectivity index (χ1n) is 5.60. The van der Waals surface area contributed by atoms with E-state index in [0.29, 0.717) is 18.9 Å². The maximum Gasteiger partial charge on any atom is 0.305 e. The second-order valence-electron chi connectivity index (χ2n) is 3.73. The fourth-order valence-corrected chi connectivity index (χ4v) is 0.888. The van der Waals surface area contributed by atoms with Crippen LogP contribution < -0.4 is 0 Å². The lowest BCUT2D eigenvalue weighted by Crippen LogP contribution is -2.01. The van der Waals surface area contributed by atoms with Crippen molar-refractivity contribution in [3.8, 4) is 0 Å². The van der Waals surface area contributed by atoms with Gasteiger partial charge in [0, 0.05) is 6.42 Å². The van der Waals surface area contributed by atoms with Crippen LogP contribution in [0.2, 0.25) is 0 Å². The van der Waals surface area contributed by atoms with E-state index in [9.17, 15) is 4.79 Å². The minimum absolute atomic E-state index is 0.148. The lowest BCUT2D eigenvalue weighted by molar-refractivity contribution is -0.141. The Kier molecular flexibility index (Phi) is 7.69. The first-order chi connectivity index (χ1) is 7.10. The van der Waals surface area contributed by atoms with E-state index in [0.717, 1.165) is 12.0 Å². The molecule has 0 aliphatic rings. The molecule has 15 heavy (non-hydrogen) atoms. The van der Waals surface area contributed by atoms with E-state index in [1.807, 2.05) is 13.0 Å². The highest BCUT2D eigenvalue weighted by Gasteiger charge is 1.95. The Morgan fingerprint density at radius 2 is 2.07 bits per heavy atom. The molecule has 0 rings (SSSR count). The standard InChI is InChI=1S/C13H22O2/c1-5-11(3)7-8-12(4)9-10-15-13(14)6-2/h7-9,11H,5-6,10H2,1-4H3/b8-7+,12-9+. The van der Waals surface area contributed by atoms with E-state index in [1.54, 1.807) is 6.92 Å².